The lowest BCUT2D eigenvalue weighted by Crippen LogP contribution is -2.17. The predicted molar refractivity (Wildman–Crippen MR) is 66.8 cm³/mol. The van der Waals surface area contributed by atoms with E-state index in [1.807, 2.05) is 0 Å². The van der Waals surface area contributed by atoms with Gasteiger partial charge in [-0.2, -0.15) is 0 Å². The average Bonchev–Trinajstić information content (AvgIpc) is 3.11. The van der Waals surface area contributed by atoms with Gasteiger partial charge >= 0.3 is 5.97 Å². The van der Waals surface area contributed by atoms with Crippen LogP contribution in [0.3, 0.4) is 0 Å². The van der Waals surface area contributed by atoms with E-state index < -0.39 is 0 Å². The van der Waals surface area contributed by atoms with Crippen molar-refractivity contribution >= 4 is 5.97 Å². The van der Waals surface area contributed by atoms with Gasteiger partial charge < -0.3 is 14.8 Å². The summed E-state index contributed by atoms with van der Waals surface area (Å²) in [5.74, 6) is 0.567. The van der Waals surface area contributed by atoms with E-state index in [9.17, 15) is 4.79 Å². The van der Waals surface area contributed by atoms with Crippen molar-refractivity contribution < 1.29 is 14.3 Å². The van der Waals surface area contributed by atoms with Gasteiger partial charge in [0.25, 0.3) is 0 Å². The molecule has 1 rings (SSSR count). The van der Waals surface area contributed by atoms with Crippen LogP contribution in [0.1, 0.15) is 26.2 Å². The lowest BCUT2D eigenvalue weighted by molar-refractivity contribution is -0.137. The van der Waals surface area contributed by atoms with Gasteiger partial charge in [-0.1, -0.05) is 6.08 Å². The summed E-state index contributed by atoms with van der Waals surface area (Å²) in [7, 11) is 0. The van der Waals surface area contributed by atoms with Gasteiger partial charge in [0.15, 0.2) is 0 Å². The van der Waals surface area contributed by atoms with Crippen LogP contribution >= 0.6 is 0 Å². The summed E-state index contributed by atoms with van der Waals surface area (Å²) < 4.78 is 10.3. The largest absolute Gasteiger partial charge is 0.463 e. The number of rotatable bonds is 10. The van der Waals surface area contributed by atoms with Crippen molar-refractivity contribution in [3.8, 4) is 0 Å². The summed E-state index contributed by atoms with van der Waals surface area (Å²) in [6, 6.07) is 0. The molecule has 17 heavy (non-hydrogen) atoms. The van der Waals surface area contributed by atoms with E-state index in [0.717, 1.165) is 32.1 Å². The highest BCUT2D eigenvalue weighted by Crippen LogP contribution is 2.28. The molecule has 4 heteroatoms. The zero-order chi connectivity index (χ0) is 12.3. The van der Waals surface area contributed by atoms with Crippen LogP contribution in [-0.4, -0.2) is 38.9 Å². The van der Waals surface area contributed by atoms with Gasteiger partial charge in [-0.15, -0.1) is 0 Å². The van der Waals surface area contributed by atoms with Crippen molar-refractivity contribution in [2.75, 3.05) is 32.9 Å². The molecule has 0 spiro atoms. The molecule has 0 heterocycles. The molecule has 0 bridgehead atoms. The molecule has 0 saturated heterocycles. The molecule has 0 aliphatic heterocycles. The number of hydrogen-bond donors (Lipinski definition) is 1. The highest BCUT2D eigenvalue weighted by molar-refractivity contribution is 5.81. The van der Waals surface area contributed by atoms with Crippen LogP contribution in [0, 0.1) is 5.92 Å². The molecule has 4 nitrogen and oxygen atoms in total. The van der Waals surface area contributed by atoms with E-state index in [2.05, 4.69) is 5.32 Å². The predicted octanol–water partition coefficient (Wildman–Crippen LogP) is 1.51. The smallest absolute Gasteiger partial charge is 0.330 e. The van der Waals surface area contributed by atoms with Crippen LogP contribution in [-0.2, 0) is 14.3 Å². The quantitative estimate of drug-likeness (QED) is 0.358. The molecule has 0 aromatic carbocycles. The van der Waals surface area contributed by atoms with Gasteiger partial charge in [-0.3, -0.25) is 0 Å². The molecule has 0 aromatic heterocycles. The molecular formula is C13H23NO3. The monoisotopic (exact) mass is 241 g/mol. The van der Waals surface area contributed by atoms with Gasteiger partial charge in [0.2, 0.25) is 0 Å². The summed E-state index contributed by atoms with van der Waals surface area (Å²) >= 11 is 0. The van der Waals surface area contributed by atoms with Crippen molar-refractivity contribution in [2.45, 2.75) is 26.2 Å². The van der Waals surface area contributed by atoms with Gasteiger partial charge in [0.05, 0.1) is 6.61 Å². The molecule has 0 atom stereocenters. The third kappa shape index (κ3) is 8.89. The second kappa shape index (κ2) is 9.19. The van der Waals surface area contributed by atoms with Gasteiger partial charge in [0.1, 0.15) is 0 Å². The number of hydrogen-bond acceptors (Lipinski definition) is 4. The third-order valence-corrected chi connectivity index (χ3v) is 2.50. The standard InChI is InChI=1S/C13H23NO3/c1-2-17-13(15)5-3-8-14-9-4-10-16-11-12-6-7-12/h3,5,12,14H,2,4,6-11H2,1H3/b5-3+. The van der Waals surface area contributed by atoms with Crippen molar-refractivity contribution in [1.82, 2.24) is 5.32 Å². The Bertz CT molecular complexity index is 237. The molecule has 1 aliphatic rings. The van der Waals surface area contributed by atoms with Crippen LogP contribution in [0.4, 0.5) is 0 Å². The maximum atomic E-state index is 10.9. The SMILES string of the molecule is CCOC(=O)/C=C/CNCCCOCC1CC1. The zero-order valence-electron chi connectivity index (χ0n) is 10.6. The summed E-state index contributed by atoms with van der Waals surface area (Å²) in [5.41, 5.74) is 0. The minimum Gasteiger partial charge on any atom is -0.463 e. The maximum absolute atomic E-state index is 10.9. The first kappa shape index (κ1) is 14.2. The molecule has 0 aromatic rings. The molecule has 98 valence electrons. The van der Waals surface area contributed by atoms with E-state index in [1.54, 1.807) is 13.0 Å². The molecule has 0 amide bonds. The second-order valence-electron chi connectivity index (χ2n) is 4.23. The molecule has 0 radical (unpaired) electrons. The number of ether oxygens (including phenoxy) is 2. The van der Waals surface area contributed by atoms with Crippen LogP contribution < -0.4 is 5.32 Å². The number of esters is 1. The fourth-order valence-corrected chi connectivity index (χ4v) is 1.36. The minimum absolute atomic E-state index is 0.276. The molecule has 1 saturated carbocycles. The van der Waals surface area contributed by atoms with Gasteiger partial charge in [-0.25, -0.2) is 4.79 Å². The van der Waals surface area contributed by atoms with Crippen molar-refractivity contribution in [1.29, 1.82) is 0 Å². The van der Waals surface area contributed by atoms with Crippen molar-refractivity contribution in [2.24, 2.45) is 5.92 Å². The first-order valence-corrected chi connectivity index (χ1v) is 6.44. The topological polar surface area (TPSA) is 47.6 Å². The Morgan fingerprint density at radius 2 is 2.29 bits per heavy atom. The van der Waals surface area contributed by atoms with E-state index >= 15 is 0 Å². The van der Waals surface area contributed by atoms with Crippen LogP contribution in [0.2, 0.25) is 0 Å². The summed E-state index contributed by atoms with van der Waals surface area (Å²) in [6.07, 6.45) is 6.94. The summed E-state index contributed by atoms with van der Waals surface area (Å²) in [4.78, 5) is 10.9. The zero-order valence-corrected chi connectivity index (χ0v) is 10.6. The van der Waals surface area contributed by atoms with E-state index in [1.165, 1.54) is 18.9 Å². The Morgan fingerprint density at radius 3 is 3.00 bits per heavy atom. The number of nitrogens with one attached hydrogen (secondary N) is 1. The number of carbonyl (C=O) groups is 1. The molecule has 1 aliphatic carbocycles. The number of carbonyl (C=O) groups excluding carboxylic acids is 1. The second-order valence-corrected chi connectivity index (χ2v) is 4.23. The lowest BCUT2D eigenvalue weighted by atomic mass is 10.4. The summed E-state index contributed by atoms with van der Waals surface area (Å²) in [6.45, 7) is 5.59. The third-order valence-electron chi connectivity index (χ3n) is 2.50. The van der Waals surface area contributed by atoms with Crippen LogP contribution in [0.25, 0.3) is 0 Å². The van der Waals surface area contributed by atoms with Crippen molar-refractivity contribution in [3.05, 3.63) is 12.2 Å². The molecule has 1 N–H and O–H groups in total. The first-order chi connectivity index (χ1) is 8.33. The summed E-state index contributed by atoms with van der Waals surface area (Å²) in [5, 5.41) is 3.21. The fourth-order valence-electron chi connectivity index (χ4n) is 1.36. The highest BCUT2D eigenvalue weighted by atomic mass is 16.5. The lowest BCUT2D eigenvalue weighted by Gasteiger charge is -2.03. The minimum atomic E-state index is -0.276. The Hall–Kier alpha value is -0.870. The Balaban J connectivity index is 1.78. The van der Waals surface area contributed by atoms with Crippen LogP contribution in [0.5, 0.6) is 0 Å². The highest BCUT2D eigenvalue weighted by Gasteiger charge is 2.20. The first-order valence-electron chi connectivity index (χ1n) is 6.44. The van der Waals surface area contributed by atoms with Crippen molar-refractivity contribution in [3.63, 3.8) is 0 Å². The van der Waals surface area contributed by atoms with E-state index in [4.69, 9.17) is 9.47 Å². The maximum Gasteiger partial charge on any atom is 0.330 e. The average molecular weight is 241 g/mol. The molecule has 0 unspecified atom stereocenters. The Kier molecular flexibility index (Phi) is 7.67. The molecule has 1 fully saturated rings. The van der Waals surface area contributed by atoms with E-state index in [0.29, 0.717) is 13.2 Å². The van der Waals surface area contributed by atoms with Gasteiger partial charge in [-0.05, 0) is 38.6 Å². The van der Waals surface area contributed by atoms with Gasteiger partial charge in [0, 0.05) is 25.8 Å². The van der Waals surface area contributed by atoms with Crippen LogP contribution in [0.15, 0.2) is 12.2 Å². The Morgan fingerprint density at radius 1 is 1.47 bits per heavy atom. The normalized spacial score (nSPS) is 15.4. The fraction of sp³-hybridized carbons (Fsp3) is 0.769. The van der Waals surface area contributed by atoms with E-state index in [-0.39, 0.29) is 5.97 Å². The molecular weight excluding hydrogens is 218 g/mol. The Labute approximate surface area is 103 Å².